The van der Waals surface area contributed by atoms with Gasteiger partial charge < -0.3 is 0 Å². The van der Waals surface area contributed by atoms with Crippen molar-refractivity contribution >= 4 is 21.7 Å². The second kappa shape index (κ2) is 4.62. The van der Waals surface area contributed by atoms with Gasteiger partial charge in [0.2, 0.25) is 0 Å². The van der Waals surface area contributed by atoms with Crippen molar-refractivity contribution in [3.63, 3.8) is 0 Å². The molecule has 0 saturated carbocycles. The fourth-order valence-electron chi connectivity index (χ4n) is 1.60. The topological polar surface area (TPSA) is 17.1 Å². The minimum Gasteiger partial charge on any atom is -0.295 e. The summed E-state index contributed by atoms with van der Waals surface area (Å²) in [5.41, 5.74) is 2.90. The van der Waals surface area contributed by atoms with Crippen LogP contribution in [0, 0.1) is 0 Å². The molecule has 0 radical (unpaired) electrons. The average molecular weight is 275 g/mol. The molecule has 0 unspecified atom stereocenters. The molecule has 0 aliphatic carbocycles. The van der Waals surface area contributed by atoms with Crippen LogP contribution in [-0.4, -0.2) is 5.78 Å². The minimum absolute atomic E-state index is 0.0916. The van der Waals surface area contributed by atoms with E-state index in [1.807, 2.05) is 48.5 Å². The van der Waals surface area contributed by atoms with Gasteiger partial charge in [-0.3, -0.25) is 4.79 Å². The van der Waals surface area contributed by atoms with Crippen LogP contribution >= 0.6 is 15.9 Å². The second-order valence-electron chi connectivity index (χ2n) is 3.62. The number of halogens is 1. The van der Waals surface area contributed by atoms with Crippen molar-refractivity contribution in [2.75, 3.05) is 0 Å². The quantitative estimate of drug-likeness (QED) is 0.746. The molecule has 0 fully saturated rings. The number of hydrogen-bond donors (Lipinski definition) is 0. The summed E-state index contributed by atoms with van der Waals surface area (Å²) >= 11 is 3.51. The normalized spacial score (nSPS) is 10.1. The molecule has 2 rings (SSSR count). The molecule has 0 aliphatic rings. The van der Waals surface area contributed by atoms with Crippen LogP contribution in [0.5, 0.6) is 0 Å². The van der Waals surface area contributed by atoms with Gasteiger partial charge in [0.15, 0.2) is 5.78 Å². The highest BCUT2D eigenvalue weighted by molar-refractivity contribution is 9.10. The van der Waals surface area contributed by atoms with Crippen LogP contribution in [0.15, 0.2) is 53.0 Å². The second-order valence-corrected chi connectivity index (χ2v) is 4.47. The fraction of sp³-hybridized carbons (Fsp3) is 0.0714. The molecule has 2 aromatic rings. The Kier molecular flexibility index (Phi) is 3.20. The van der Waals surface area contributed by atoms with Gasteiger partial charge in [-0.1, -0.05) is 52.3 Å². The third kappa shape index (κ3) is 2.22. The number of rotatable bonds is 2. The fourth-order valence-corrected chi connectivity index (χ4v) is 2.11. The van der Waals surface area contributed by atoms with E-state index in [9.17, 15) is 4.79 Å². The summed E-state index contributed by atoms with van der Waals surface area (Å²) in [6.45, 7) is 1.58. The summed E-state index contributed by atoms with van der Waals surface area (Å²) in [6.07, 6.45) is 0. The van der Waals surface area contributed by atoms with Crippen LogP contribution in [0.3, 0.4) is 0 Å². The average Bonchev–Trinajstić information content (AvgIpc) is 2.30. The van der Waals surface area contributed by atoms with Crippen LogP contribution in [0.2, 0.25) is 0 Å². The summed E-state index contributed by atoms with van der Waals surface area (Å²) in [7, 11) is 0. The molecule has 0 saturated heterocycles. The molecule has 0 spiro atoms. The third-order valence-corrected chi connectivity index (χ3v) is 3.15. The van der Waals surface area contributed by atoms with E-state index < -0.39 is 0 Å². The summed E-state index contributed by atoms with van der Waals surface area (Å²) in [5.74, 6) is 0.0916. The Morgan fingerprint density at radius 2 is 1.81 bits per heavy atom. The Bertz CT molecular complexity index is 532. The molecule has 0 heterocycles. The van der Waals surface area contributed by atoms with Gasteiger partial charge in [-0.25, -0.2) is 0 Å². The lowest BCUT2D eigenvalue weighted by Crippen LogP contribution is -1.91. The van der Waals surface area contributed by atoms with Crippen molar-refractivity contribution in [3.05, 3.63) is 58.6 Å². The monoisotopic (exact) mass is 274 g/mol. The van der Waals surface area contributed by atoms with Gasteiger partial charge in [0.05, 0.1) is 0 Å². The van der Waals surface area contributed by atoms with Crippen LogP contribution in [0.1, 0.15) is 17.3 Å². The van der Waals surface area contributed by atoms with Gasteiger partial charge in [0.25, 0.3) is 0 Å². The molecule has 0 N–H and O–H groups in total. The van der Waals surface area contributed by atoms with E-state index in [-0.39, 0.29) is 5.78 Å². The lowest BCUT2D eigenvalue weighted by molar-refractivity contribution is 0.101. The predicted octanol–water partition coefficient (Wildman–Crippen LogP) is 4.32. The van der Waals surface area contributed by atoms with Crippen molar-refractivity contribution in [3.8, 4) is 11.1 Å². The number of benzene rings is 2. The lowest BCUT2D eigenvalue weighted by Gasteiger charge is -2.05. The van der Waals surface area contributed by atoms with E-state index in [0.717, 1.165) is 21.2 Å². The first-order valence-electron chi connectivity index (χ1n) is 5.04. The summed E-state index contributed by atoms with van der Waals surface area (Å²) in [6, 6.07) is 15.7. The van der Waals surface area contributed by atoms with E-state index in [0.29, 0.717) is 0 Å². The SMILES string of the molecule is CC(=O)c1cccc(-c2ccccc2Br)c1. The maximum atomic E-state index is 11.3. The summed E-state index contributed by atoms with van der Waals surface area (Å²) in [5, 5.41) is 0. The highest BCUT2D eigenvalue weighted by atomic mass is 79.9. The molecule has 16 heavy (non-hydrogen) atoms. The van der Waals surface area contributed by atoms with Crippen molar-refractivity contribution < 1.29 is 4.79 Å². The van der Waals surface area contributed by atoms with Gasteiger partial charge >= 0.3 is 0 Å². The largest absolute Gasteiger partial charge is 0.295 e. The molecule has 0 aromatic heterocycles. The number of carbonyl (C=O) groups excluding carboxylic acids is 1. The molecule has 2 aromatic carbocycles. The molecule has 0 amide bonds. The molecule has 1 nitrogen and oxygen atoms in total. The zero-order chi connectivity index (χ0) is 11.5. The Hall–Kier alpha value is -1.41. The Morgan fingerprint density at radius 3 is 2.50 bits per heavy atom. The molecule has 0 bridgehead atoms. The minimum atomic E-state index is 0.0916. The van der Waals surface area contributed by atoms with Crippen LogP contribution < -0.4 is 0 Å². The highest BCUT2D eigenvalue weighted by Gasteiger charge is 2.04. The lowest BCUT2D eigenvalue weighted by atomic mass is 10.0. The maximum Gasteiger partial charge on any atom is 0.159 e. The first-order valence-corrected chi connectivity index (χ1v) is 5.83. The molecule has 2 heteroatoms. The van der Waals surface area contributed by atoms with Gasteiger partial charge in [-0.15, -0.1) is 0 Å². The van der Waals surface area contributed by atoms with E-state index in [1.54, 1.807) is 6.92 Å². The zero-order valence-electron chi connectivity index (χ0n) is 8.91. The van der Waals surface area contributed by atoms with E-state index in [2.05, 4.69) is 15.9 Å². The van der Waals surface area contributed by atoms with Crippen molar-refractivity contribution in [2.45, 2.75) is 6.92 Å². The van der Waals surface area contributed by atoms with E-state index >= 15 is 0 Å². The first kappa shape index (κ1) is 11.1. The van der Waals surface area contributed by atoms with Gasteiger partial charge in [0, 0.05) is 10.0 Å². The predicted molar refractivity (Wildman–Crippen MR) is 69.6 cm³/mol. The molecular weight excluding hydrogens is 264 g/mol. The summed E-state index contributed by atoms with van der Waals surface area (Å²) < 4.78 is 1.04. The van der Waals surface area contributed by atoms with Crippen molar-refractivity contribution in [1.29, 1.82) is 0 Å². The highest BCUT2D eigenvalue weighted by Crippen LogP contribution is 2.28. The number of Topliss-reactive ketones (excluding diaryl/α,β-unsaturated/α-hetero) is 1. The molecule has 0 aliphatic heterocycles. The van der Waals surface area contributed by atoms with Crippen molar-refractivity contribution in [2.24, 2.45) is 0 Å². The number of ketones is 1. The first-order chi connectivity index (χ1) is 7.68. The Labute approximate surface area is 103 Å². The molecular formula is C14H11BrO. The van der Waals surface area contributed by atoms with E-state index in [4.69, 9.17) is 0 Å². The van der Waals surface area contributed by atoms with Crippen molar-refractivity contribution in [1.82, 2.24) is 0 Å². The van der Waals surface area contributed by atoms with Gasteiger partial charge in [-0.2, -0.15) is 0 Å². The van der Waals surface area contributed by atoms with Gasteiger partial charge in [-0.05, 0) is 30.2 Å². The summed E-state index contributed by atoms with van der Waals surface area (Å²) in [4.78, 5) is 11.3. The Balaban J connectivity index is 2.53. The maximum absolute atomic E-state index is 11.3. The Morgan fingerprint density at radius 1 is 1.06 bits per heavy atom. The van der Waals surface area contributed by atoms with E-state index in [1.165, 1.54) is 0 Å². The van der Waals surface area contributed by atoms with Crippen LogP contribution in [-0.2, 0) is 0 Å². The number of hydrogen-bond acceptors (Lipinski definition) is 1. The molecule has 80 valence electrons. The zero-order valence-corrected chi connectivity index (χ0v) is 10.5. The third-order valence-electron chi connectivity index (χ3n) is 2.45. The standard InChI is InChI=1S/C14H11BrO/c1-10(16)11-5-4-6-12(9-11)13-7-2-3-8-14(13)15/h2-9H,1H3. The van der Waals surface area contributed by atoms with Crippen LogP contribution in [0.4, 0.5) is 0 Å². The smallest absolute Gasteiger partial charge is 0.159 e. The van der Waals surface area contributed by atoms with Gasteiger partial charge in [0.1, 0.15) is 0 Å². The number of carbonyl (C=O) groups is 1. The van der Waals surface area contributed by atoms with Crippen LogP contribution in [0.25, 0.3) is 11.1 Å². The molecule has 0 atom stereocenters.